The van der Waals surface area contributed by atoms with E-state index in [1.54, 1.807) is 12.1 Å². The molecule has 1 aliphatic rings. The van der Waals surface area contributed by atoms with E-state index in [9.17, 15) is 9.18 Å². The molecule has 1 atom stereocenters. The van der Waals surface area contributed by atoms with Crippen molar-refractivity contribution in [3.05, 3.63) is 42.1 Å². The average molecular weight is 245 g/mol. The molecule has 2 aromatic rings. The van der Waals surface area contributed by atoms with Gasteiger partial charge < -0.3 is 9.88 Å². The van der Waals surface area contributed by atoms with Crippen LogP contribution in [0.15, 0.2) is 30.5 Å². The Hall–Kier alpha value is -2.17. The molecule has 92 valence electrons. The highest BCUT2D eigenvalue weighted by Crippen LogP contribution is 2.23. The Balaban J connectivity index is 2.03. The minimum atomic E-state index is -0.270. The largest absolute Gasteiger partial charge is 0.345 e. The van der Waals surface area contributed by atoms with Crippen molar-refractivity contribution in [3.8, 4) is 11.3 Å². The molecule has 0 aliphatic carbocycles. The van der Waals surface area contributed by atoms with Crippen LogP contribution in [0.25, 0.3) is 11.3 Å². The van der Waals surface area contributed by atoms with Crippen LogP contribution in [0.3, 0.4) is 0 Å². The molecule has 4 nitrogen and oxygen atoms in total. The second-order valence-corrected chi connectivity index (χ2v) is 4.41. The first-order chi connectivity index (χ1) is 8.63. The first-order valence-electron chi connectivity index (χ1n) is 5.76. The van der Waals surface area contributed by atoms with E-state index in [0.717, 1.165) is 17.1 Å². The molecule has 0 radical (unpaired) electrons. The summed E-state index contributed by atoms with van der Waals surface area (Å²) in [7, 11) is 0. The average Bonchev–Trinajstić information content (AvgIpc) is 2.74. The van der Waals surface area contributed by atoms with Gasteiger partial charge in [-0.2, -0.15) is 0 Å². The van der Waals surface area contributed by atoms with Gasteiger partial charge in [0.15, 0.2) is 0 Å². The van der Waals surface area contributed by atoms with Gasteiger partial charge in [0.05, 0.1) is 11.7 Å². The van der Waals surface area contributed by atoms with Gasteiger partial charge >= 0.3 is 0 Å². The van der Waals surface area contributed by atoms with Crippen LogP contribution in [0.5, 0.6) is 0 Å². The van der Waals surface area contributed by atoms with E-state index in [4.69, 9.17) is 0 Å². The summed E-state index contributed by atoms with van der Waals surface area (Å²) in [4.78, 5) is 15.9. The Morgan fingerprint density at radius 1 is 1.39 bits per heavy atom. The number of nitrogens with zero attached hydrogens (tertiary/aromatic N) is 2. The maximum atomic E-state index is 12.9. The fraction of sp³-hybridized carbons (Fsp3) is 0.231. The van der Waals surface area contributed by atoms with Crippen LogP contribution >= 0.6 is 0 Å². The number of halogens is 1. The van der Waals surface area contributed by atoms with E-state index in [2.05, 4.69) is 10.3 Å². The molecular weight excluding hydrogens is 233 g/mol. The molecule has 0 unspecified atom stereocenters. The monoisotopic (exact) mass is 245 g/mol. The normalized spacial score (nSPS) is 18.3. The molecule has 0 spiro atoms. The highest BCUT2D eigenvalue weighted by molar-refractivity contribution is 5.77. The fourth-order valence-electron chi connectivity index (χ4n) is 2.17. The first-order valence-corrected chi connectivity index (χ1v) is 5.76. The molecule has 18 heavy (non-hydrogen) atoms. The van der Waals surface area contributed by atoms with Crippen LogP contribution in [0.4, 0.5) is 4.39 Å². The Morgan fingerprint density at radius 3 is 2.83 bits per heavy atom. The third-order valence-corrected chi connectivity index (χ3v) is 3.03. The van der Waals surface area contributed by atoms with Crippen molar-refractivity contribution >= 4 is 5.91 Å². The van der Waals surface area contributed by atoms with Gasteiger partial charge in [-0.3, -0.25) is 4.79 Å². The second-order valence-electron chi connectivity index (χ2n) is 4.41. The van der Waals surface area contributed by atoms with Gasteiger partial charge in [-0.15, -0.1) is 0 Å². The number of amides is 1. The van der Waals surface area contributed by atoms with Crippen LogP contribution in [0, 0.1) is 5.82 Å². The molecule has 0 saturated heterocycles. The van der Waals surface area contributed by atoms with Crippen LogP contribution in [-0.4, -0.2) is 15.5 Å². The highest BCUT2D eigenvalue weighted by atomic mass is 19.1. The van der Waals surface area contributed by atoms with E-state index in [1.165, 1.54) is 12.1 Å². The SMILES string of the molecule is C[C@@H]1NC(=O)Cn2cc(-c3ccc(F)cc3)nc21. The lowest BCUT2D eigenvalue weighted by Gasteiger charge is -2.20. The van der Waals surface area contributed by atoms with E-state index in [0.29, 0.717) is 0 Å². The molecule has 1 amide bonds. The number of carbonyl (C=O) groups is 1. The minimum absolute atomic E-state index is 0.0157. The van der Waals surface area contributed by atoms with Crippen molar-refractivity contribution in [1.82, 2.24) is 14.9 Å². The molecule has 2 heterocycles. The maximum Gasteiger partial charge on any atom is 0.240 e. The van der Waals surface area contributed by atoms with Gasteiger partial charge in [0.1, 0.15) is 18.2 Å². The zero-order valence-corrected chi connectivity index (χ0v) is 9.85. The molecule has 1 aromatic heterocycles. The van der Waals surface area contributed by atoms with Crippen molar-refractivity contribution in [3.63, 3.8) is 0 Å². The molecule has 1 aliphatic heterocycles. The van der Waals surface area contributed by atoms with E-state index >= 15 is 0 Å². The molecule has 3 rings (SSSR count). The van der Waals surface area contributed by atoms with Crippen molar-refractivity contribution in [2.75, 3.05) is 0 Å². The summed E-state index contributed by atoms with van der Waals surface area (Å²) in [6.07, 6.45) is 1.83. The Labute approximate surface area is 103 Å². The van der Waals surface area contributed by atoms with Crippen LogP contribution in [-0.2, 0) is 11.3 Å². The second kappa shape index (κ2) is 3.94. The lowest BCUT2D eigenvalue weighted by molar-refractivity contribution is -0.123. The smallest absolute Gasteiger partial charge is 0.240 e. The number of imidazole rings is 1. The van der Waals surface area contributed by atoms with Gasteiger partial charge in [0.2, 0.25) is 5.91 Å². The minimum Gasteiger partial charge on any atom is -0.345 e. The van der Waals surface area contributed by atoms with E-state index in [-0.39, 0.29) is 24.3 Å². The van der Waals surface area contributed by atoms with Gasteiger partial charge in [-0.25, -0.2) is 9.37 Å². The lowest BCUT2D eigenvalue weighted by atomic mass is 10.2. The first kappa shape index (κ1) is 11.0. The summed E-state index contributed by atoms with van der Waals surface area (Å²) in [6.45, 7) is 2.18. The summed E-state index contributed by atoms with van der Waals surface area (Å²) in [5.41, 5.74) is 1.60. The third kappa shape index (κ3) is 1.77. The Bertz CT molecular complexity index is 603. The number of nitrogens with one attached hydrogen (secondary N) is 1. The van der Waals surface area contributed by atoms with Gasteiger partial charge in [0, 0.05) is 11.8 Å². The molecular formula is C13H12FN3O. The van der Waals surface area contributed by atoms with Crippen molar-refractivity contribution in [2.45, 2.75) is 19.5 Å². The lowest BCUT2D eigenvalue weighted by Crippen LogP contribution is -2.37. The van der Waals surface area contributed by atoms with E-state index in [1.807, 2.05) is 17.7 Å². The van der Waals surface area contributed by atoms with Gasteiger partial charge in [-0.05, 0) is 31.2 Å². The number of hydrogen-bond acceptors (Lipinski definition) is 2. The summed E-state index contributed by atoms with van der Waals surface area (Å²) < 4.78 is 14.7. The summed E-state index contributed by atoms with van der Waals surface area (Å²) in [5.74, 6) is 0.542. The third-order valence-electron chi connectivity index (χ3n) is 3.03. The number of aromatic nitrogens is 2. The van der Waals surface area contributed by atoms with Crippen LogP contribution < -0.4 is 5.32 Å². The highest BCUT2D eigenvalue weighted by Gasteiger charge is 2.23. The van der Waals surface area contributed by atoms with E-state index < -0.39 is 0 Å². The predicted molar refractivity (Wildman–Crippen MR) is 64.2 cm³/mol. The number of hydrogen-bond donors (Lipinski definition) is 1. The topological polar surface area (TPSA) is 46.9 Å². The number of rotatable bonds is 1. The summed E-state index contributed by atoms with van der Waals surface area (Å²) in [5, 5.41) is 2.83. The zero-order valence-electron chi connectivity index (χ0n) is 9.85. The van der Waals surface area contributed by atoms with Crippen LogP contribution in [0.2, 0.25) is 0 Å². The summed E-state index contributed by atoms with van der Waals surface area (Å²) >= 11 is 0. The maximum absolute atomic E-state index is 12.9. The standard InChI is InChI=1S/C13H12FN3O/c1-8-13-16-11(6-17(13)7-12(18)15-8)9-2-4-10(14)5-3-9/h2-6,8H,7H2,1H3,(H,15,18)/t8-/m0/s1. The molecule has 0 bridgehead atoms. The predicted octanol–water partition coefficient (Wildman–Crippen LogP) is 1.88. The van der Waals surface area contributed by atoms with Gasteiger partial charge in [0.25, 0.3) is 0 Å². The molecule has 5 heteroatoms. The summed E-state index contributed by atoms with van der Waals surface area (Å²) in [6, 6.07) is 6.08. The number of benzene rings is 1. The Kier molecular flexibility index (Phi) is 2.40. The fourth-order valence-corrected chi connectivity index (χ4v) is 2.17. The van der Waals surface area contributed by atoms with Gasteiger partial charge in [-0.1, -0.05) is 0 Å². The van der Waals surface area contributed by atoms with Crippen molar-refractivity contribution in [1.29, 1.82) is 0 Å². The molecule has 0 saturated carbocycles. The molecule has 1 aromatic carbocycles. The zero-order chi connectivity index (χ0) is 12.7. The number of carbonyl (C=O) groups excluding carboxylic acids is 1. The number of fused-ring (bicyclic) bond motifs is 1. The Morgan fingerprint density at radius 2 is 2.11 bits per heavy atom. The quantitative estimate of drug-likeness (QED) is 0.833. The molecule has 1 N–H and O–H groups in total. The molecule has 0 fully saturated rings. The van der Waals surface area contributed by atoms with Crippen molar-refractivity contribution < 1.29 is 9.18 Å². The van der Waals surface area contributed by atoms with Crippen LogP contribution in [0.1, 0.15) is 18.8 Å². The van der Waals surface area contributed by atoms with Crippen molar-refractivity contribution in [2.24, 2.45) is 0 Å².